The molecule has 2 rings (SSSR count). The number of halogens is 1. The molecule has 1 N–H and O–H groups in total. The minimum Gasteiger partial charge on any atom is -0.449 e. The van der Waals surface area contributed by atoms with Gasteiger partial charge in [0, 0.05) is 24.4 Å². The number of benzene rings is 1. The highest BCUT2D eigenvalue weighted by atomic mass is 19.1. The van der Waals surface area contributed by atoms with E-state index in [0.29, 0.717) is 22.9 Å². The first-order chi connectivity index (χ1) is 10.6. The second kappa shape index (κ2) is 7.82. The Labute approximate surface area is 134 Å². The fourth-order valence-corrected chi connectivity index (χ4v) is 3.45. The summed E-state index contributed by atoms with van der Waals surface area (Å²) >= 11 is 0. The van der Waals surface area contributed by atoms with E-state index in [1.807, 2.05) is 12.1 Å². The van der Waals surface area contributed by atoms with Crippen molar-refractivity contribution in [1.29, 1.82) is 0 Å². The van der Waals surface area contributed by atoms with Gasteiger partial charge in [-0.2, -0.15) is 0 Å². The molecule has 1 heterocycles. The minimum atomic E-state index is -0.279. The van der Waals surface area contributed by atoms with E-state index >= 15 is 0 Å². The van der Waals surface area contributed by atoms with Gasteiger partial charge in [0.05, 0.1) is 0 Å². The lowest BCUT2D eigenvalue weighted by molar-refractivity contribution is 0.202. The molecule has 0 amide bonds. The summed E-state index contributed by atoms with van der Waals surface area (Å²) < 4.78 is 14.7. The van der Waals surface area contributed by atoms with Gasteiger partial charge in [-0.3, -0.25) is 0 Å². The summed E-state index contributed by atoms with van der Waals surface area (Å²) in [6, 6.07) is 5.32. The summed E-state index contributed by atoms with van der Waals surface area (Å²) in [4.78, 5) is 2.33. The largest absolute Gasteiger partial charge is 0.449 e. The molecular weight excluding hydrogens is 276 g/mol. The summed E-state index contributed by atoms with van der Waals surface area (Å²) in [5.74, 6) is 0.967. The number of rotatable bonds is 5. The molecule has 1 fully saturated rings. The van der Waals surface area contributed by atoms with Crippen LogP contribution in [0.2, 0.25) is 0 Å². The van der Waals surface area contributed by atoms with Gasteiger partial charge in [-0.1, -0.05) is 45.4 Å². The third-order valence-electron chi connectivity index (χ3n) is 4.36. The van der Waals surface area contributed by atoms with Crippen molar-refractivity contribution in [2.24, 2.45) is 11.8 Å². The van der Waals surface area contributed by atoms with E-state index in [0.717, 1.165) is 31.6 Å². The quantitative estimate of drug-likeness (QED) is 0.846. The first-order valence-corrected chi connectivity index (χ1v) is 8.40. The van der Waals surface area contributed by atoms with Crippen molar-refractivity contribution < 1.29 is 9.41 Å². The molecule has 2 nitrogen and oxygen atoms in total. The van der Waals surface area contributed by atoms with Crippen LogP contribution in [0, 0.1) is 17.7 Å². The van der Waals surface area contributed by atoms with Crippen LogP contribution >= 0.6 is 0 Å². The zero-order valence-corrected chi connectivity index (χ0v) is 14.0. The molecule has 120 valence electrons. The van der Waals surface area contributed by atoms with Crippen molar-refractivity contribution in [2.45, 2.75) is 40.0 Å². The lowest BCUT2D eigenvalue weighted by atomic mass is 9.85. The Morgan fingerprint density at radius 2 is 2.05 bits per heavy atom. The Balaban J connectivity index is 2.38. The molecule has 0 bridgehead atoms. The SMILES string of the molecule is CCC/C=C(/c1cccc(BO)c1F)N1CC(C)CC(C)C1. The van der Waals surface area contributed by atoms with E-state index in [1.54, 1.807) is 6.07 Å². The van der Waals surface area contributed by atoms with E-state index in [9.17, 15) is 9.41 Å². The maximum absolute atomic E-state index is 14.7. The molecule has 0 saturated carbocycles. The number of hydrogen-bond donors (Lipinski definition) is 1. The highest BCUT2D eigenvalue weighted by Crippen LogP contribution is 2.30. The molecule has 1 aromatic carbocycles. The topological polar surface area (TPSA) is 23.5 Å². The number of unbranched alkanes of at least 4 members (excludes halogenated alkanes) is 1. The van der Waals surface area contributed by atoms with E-state index in [4.69, 9.17) is 0 Å². The first-order valence-electron chi connectivity index (χ1n) is 8.40. The maximum atomic E-state index is 14.7. The van der Waals surface area contributed by atoms with Crippen LogP contribution in [0.1, 0.15) is 45.6 Å². The Morgan fingerprint density at radius 3 is 2.64 bits per heavy atom. The second-order valence-corrected chi connectivity index (χ2v) is 6.67. The maximum Gasteiger partial charge on any atom is 0.307 e. The minimum absolute atomic E-state index is 0.256. The summed E-state index contributed by atoms with van der Waals surface area (Å²) in [5.41, 5.74) is 1.99. The van der Waals surface area contributed by atoms with Crippen molar-refractivity contribution in [3.05, 3.63) is 35.7 Å². The van der Waals surface area contributed by atoms with Crippen LogP contribution in [-0.2, 0) is 0 Å². The van der Waals surface area contributed by atoms with Crippen LogP contribution in [0.5, 0.6) is 0 Å². The zero-order valence-electron chi connectivity index (χ0n) is 14.0. The first kappa shape index (κ1) is 17.1. The standard InChI is InChI=1S/C18H27BFNO/c1-4-5-9-17(21-11-13(2)10-14(3)12-21)15-7-6-8-16(19-22)18(15)20/h6-9,13-14,19,22H,4-5,10-12H2,1-3H3/b17-9-. The average Bonchev–Trinajstić information content (AvgIpc) is 2.48. The molecule has 4 heteroatoms. The van der Waals surface area contributed by atoms with Crippen LogP contribution in [-0.4, -0.2) is 30.5 Å². The van der Waals surface area contributed by atoms with Gasteiger partial charge in [-0.05, 0) is 36.2 Å². The molecule has 2 unspecified atom stereocenters. The van der Waals surface area contributed by atoms with E-state index in [1.165, 1.54) is 6.42 Å². The van der Waals surface area contributed by atoms with Gasteiger partial charge in [-0.25, -0.2) is 4.39 Å². The highest BCUT2D eigenvalue weighted by Gasteiger charge is 2.25. The zero-order chi connectivity index (χ0) is 16.1. The van der Waals surface area contributed by atoms with E-state index < -0.39 is 0 Å². The van der Waals surface area contributed by atoms with Gasteiger partial charge in [0.2, 0.25) is 0 Å². The molecule has 22 heavy (non-hydrogen) atoms. The van der Waals surface area contributed by atoms with Crippen molar-refractivity contribution in [3.8, 4) is 0 Å². The monoisotopic (exact) mass is 303 g/mol. The number of nitrogens with zero attached hydrogens (tertiary/aromatic N) is 1. The molecule has 1 aliphatic rings. The molecule has 1 saturated heterocycles. The van der Waals surface area contributed by atoms with Crippen LogP contribution in [0.25, 0.3) is 5.70 Å². The summed E-state index contributed by atoms with van der Waals surface area (Å²) in [6.45, 7) is 8.61. The Bertz CT molecular complexity index is 522. The molecule has 2 atom stereocenters. The van der Waals surface area contributed by atoms with Crippen molar-refractivity contribution in [2.75, 3.05) is 13.1 Å². The van der Waals surface area contributed by atoms with Crippen molar-refractivity contribution in [1.82, 2.24) is 4.90 Å². The molecule has 0 aromatic heterocycles. The third kappa shape index (κ3) is 3.92. The number of hydrogen-bond acceptors (Lipinski definition) is 2. The van der Waals surface area contributed by atoms with Crippen LogP contribution in [0.4, 0.5) is 4.39 Å². The normalized spacial score (nSPS) is 22.8. The van der Waals surface area contributed by atoms with E-state index in [-0.39, 0.29) is 13.3 Å². The lowest BCUT2D eigenvalue weighted by Gasteiger charge is -2.38. The molecule has 0 aliphatic carbocycles. The smallest absolute Gasteiger partial charge is 0.307 e. The van der Waals surface area contributed by atoms with E-state index in [2.05, 4.69) is 31.7 Å². The highest BCUT2D eigenvalue weighted by molar-refractivity contribution is 6.45. The Morgan fingerprint density at radius 1 is 1.36 bits per heavy atom. The predicted octanol–water partition coefficient (Wildman–Crippen LogP) is 2.91. The Hall–Kier alpha value is -1.29. The van der Waals surface area contributed by atoms with Crippen LogP contribution in [0.15, 0.2) is 24.3 Å². The predicted molar refractivity (Wildman–Crippen MR) is 92.8 cm³/mol. The number of allylic oxidation sites excluding steroid dienone is 1. The molecular formula is C18H27BFNO. The molecule has 1 aromatic rings. The average molecular weight is 303 g/mol. The number of likely N-dealkylation sites (tertiary alicyclic amines) is 1. The van der Waals surface area contributed by atoms with Gasteiger partial charge in [0.15, 0.2) is 0 Å². The molecule has 0 spiro atoms. The Kier molecular flexibility index (Phi) is 6.07. The summed E-state index contributed by atoms with van der Waals surface area (Å²) in [5, 5.41) is 9.32. The lowest BCUT2D eigenvalue weighted by Crippen LogP contribution is -2.38. The van der Waals surface area contributed by atoms with Gasteiger partial charge in [0.25, 0.3) is 0 Å². The fraction of sp³-hybridized carbons (Fsp3) is 0.556. The van der Waals surface area contributed by atoms with Gasteiger partial charge in [0.1, 0.15) is 5.82 Å². The van der Waals surface area contributed by atoms with Gasteiger partial charge < -0.3 is 9.92 Å². The molecule has 1 aliphatic heterocycles. The third-order valence-corrected chi connectivity index (χ3v) is 4.36. The summed E-state index contributed by atoms with van der Waals surface area (Å²) in [6.07, 6.45) is 5.38. The van der Waals surface area contributed by atoms with Gasteiger partial charge >= 0.3 is 7.48 Å². The molecule has 0 radical (unpaired) electrons. The summed E-state index contributed by atoms with van der Waals surface area (Å²) in [7, 11) is -0.256. The number of piperidine rings is 1. The van der Waals surface area contributed by atoms with Crippen molar-refractivity contribution in [3.63, 3.8) is 0 Å². The van der Waals surface area contributed by atoms with Crippen LogP contribution in [0.3, 0.4) is 0 Å². The van der Waals surface area contributed by atoms with Crippen molar-refractivity contribution >= 4 is 18.6 Å². The fourth-order valence-electron chi connectivity index (χ4n) is 3.45. The van der Waals surface area contributed by atoms with Gasteiger partial charge in [-0.15, -0.1) is 0 Å². The second-order valence-electron chi connectivity index (χ2n) is 6.67. The van der Waals surface area contributed by atoms with Crippen LogP contribution < -0.4 is 5.46 Å².